The third-order valence-electron chi connectivity index (χ3n) is 2.76. The van der Waals surface area contributed by atoms with Gasteiger partial charge in [-0.2, -0.15) is 0 Å². The van der Waals surface area contributed by atoms with Gasteiger partial charge in [0.2, 0.25) is 0 Å². The van der Waals surface area contributed by atoms with E-state index >= 15 is 0 Å². The van der Waals surface area contributed by atoms with E-state index in [-0.39, 0.29) is 27.5 Å². The van der Waals surface area contributed by atoms with Crippen molar-refractivity contribution >= 4 is 34.9 Å². The monoisotopic (exact) mass is 308 g/mol. The molecule has 5 nitrogen and oxygen atoms in total. The highest BCUT2D eigenvalue weighted by molar-refractivity contribution is 6.31. The van der Waals surface area contributed by atoms with Crippen LogP contribution in [0.4, 0.5) is 15.8 Å². The molecule has 7 heteroatoms. The molecule has 0 unspecified atom stereocenters. The zero-order valence-corrected chi connectivity index (χ0v) is 11.3. The van der Waals surface area contributed by atoms with Crippen molar-refractivity contribution in [2.45, 2.75) is 0 Å². The van der Waals surface area contributed by atoms with Crippen LogP contribution in [0.2, 0.25) is 5.02 Å². The molecule has 108 valence electrons. The number of aromatic carboxylic acids is 1. The van der Waals surface area contributed by atoms with Crippen molar-refractivity contribution in [3.63, 3.8) is 0 Å². The summed E-state index contributed by atoms with van der Waals surface area (Å²) in [6.07, 6.45) is 0. The molecule has 0 saturated heterocycles. The highest BCUT2D eigenvalue weighted by Gasteiger charge is 2.17. The largest absolute Gasteiger partial charge is 0.478 e. The van der Waals surface area contributed by atoms with Crippen LogP contribution in [0.5, 0.6) is 0 Å². The maximum absolute atomic E-state index is 13.3. The van der Waals surface area contributed by atoms with Crippen molar-refractivity contribution < 1.29 is 19.1 Å². The van der Waals surface area contributed by atoms with E-state index in [1.807, 2.05) is 0 Å². The van der Waals surface area contributed by atoms with E-state index in [1.165, 1.54) is 30.3 Å². The Morgan fingerprint density at radius 3 is 2.57 bits per heavy atom. The molecule has 0 heterocycles. The number of nitrogens with two attached hydrogens (primary N) is 1. The van der Waals surface area contributed by atoms with E-state index in [2.05, 4.69) is 5.32 Å². The molecule has 4 N–H and O–H groups in total. The number of benzene rings is 2. The zero-order chi connectivity index (χ0) is 15.6. The van der Waals surface area contributed by atoms with Gasteiger partial charge in [0.15, 0.2) is 0 Å². The van der Waals surface area contributed by atoms with Crippen molar-refractivity contribution in [3.05, 3.63) is 58.4 Å². The van der Waals surface area contributed by atoms with Gasteiger partial charge in [0, 0.05) is 5.02 Å². The van der Waals surface area contributed by atoms with E-state index in [1.54, 1.807) is 0 Å². The van der Waals surface area contributed by atoms with Gasteiger partial charge in [-0.05, 0) is 30.3 Å². The molecule has 0 fully saturated rings. The van der Waals surface area contributed by atoms with E-state index in [4.69, 9.17) is 22.4 Å². The first-order valence-electron chi connectivity index (χ1n) is 5.78. The van der Waals surface area contributed by atoms with Crippen LogP contribution in [0.15, 0.2) is 36.4 Å². The first-order chi connectivity index (χ1) is 9.90. The van der Waals surface area contributed by atoms with Gasteiger partial charge in [0.05, 0.1) is 22.5 Å². The average molecular weight is 309 g/mol. The molecular formula is C14H10ClFN2O3. The second-order valence-corrected chi connectivity index (χ2v) is 4.59. The SMILES string of the molecule is Nc1c(F)cccc1C(=O)Nc1ccc(Cl)cc1C(=O)O. The quantitative estimate of drug-likeness (QED) is 0.760. The Labute approximate surface area is 124 Å². The molecule has 2 aromatic rings. The Hall–Kier alpha value is -2.60. The second kappa shape index (κ2) is 5.80. The molecule has 0 aliphatic rings. The first kappa shape index (κ1) is 14.8. The summed E-state index contributed by atoms with van der Waals surface area (Å²) in [5.41, 5.74) is 4.97. The van der Waals surface area contributed by atoms with E-state index in [9.17, 15) is 14.0 Å². The van der Waals surface area contributed by atoms with Gasteiger partial charge >= 0.3 is 5.97 Å². The predicted molar refractivity (Wildman–Crippen MR) is 77.2 cm³/mol. The number of rotatable bonds is 3. The van der Waals surface area contributed by atoms with Crippen molar-refractivity contribution in [2.75, 3.05) is 11.1 Å². The Bertz CT molecular complexity index is 734. The Kier molecular flexibility index (Phi) is 4.09. The van der Waals surface area contributed by atoms with Crippen LogP contribution in [0.1, 0.15) is 20.7 Å². The lowest BCUT2D eigenvalue weighted by molar-refractivity contribution is 0.0698. The molecule has 21 heavy (non-hydrogen) atoms. The maximum atomic E-state index is 13.3. The standard InChI is InChI=1S/C14H10ClFN2O3/c15-7-4-5-11(9(6-7)14(20)21)18-13(19)8-2-1-3-10(16)12(8)17/h1-6H,17H2,(H,18,19)(H,20,21). The molecule has 0 spiro atoms. The van der Waals surface area contributed by atoms with E-state index < -0.39 is 17.7 Å². The van der Waals surface area contributed by atoms with Crippen LogP contribution in [-0.4, -0.2) is 17.0 Å². The lowest BCUT2D eigenvalue weighted by Gasteiger charge is -2.10. The minimum absolute atomic E-state index is 0.0422. The fourth-order valence-electron chi connectivity index (χ4n) is 1.73. The van der Waals surface area contributed by atoms with Crippen molar-refractivity contribution in [1.29, 1.82) is 0 Å². The highest BCUT2D eigenvalue weighted by atomic mass is 35.5. The van der Waals surface area contributed by atoms with Crippen LogP contribution in [0, 0.1) is 5.82 Å². The van der Waals surface area contributed by atoms with Crippen molar-refractivity contribution in [1.82, 2.24) is 0 Å². The third kappa shape index (κ3) is 3.11. The number of carboxylic acid groups (broad SMARTS) is 1. The molecule has 0 radical (unpaired) electrons. The third-order valence-corrected chi connectivity index (χ3v) is 2.99. The van der Waals surface area contributed by atoms with Crippen LogP contribution in [0.25, 0.3) is 0 Å². The molecule has 2 aromatic carbocycles. The number of carbonyl (C=O) groups is 2. The fourth-order valence-corrected chi connectivity index (χ4v) is 1.90. The number of nitrogens with one attached hydrogen (secondary N) is 1. The number of para-hydroxylation sites is 1. The minimum Gasteiger partial charge on any atom is -0.478 e. The summed E-state index contributed by atoms with van der Waals surface area (Å²) < 4.78 is 13.3. The molecule has 0 aliphatic carbocycles. The number of hydrogen-bond donors (Lipinski definition) is 3. The fraction of sp³-hybridized carbons (Fsp3) is 0. The number of nitrogen functional groups attached to an aromatic ring is 1. The lowest BCUT2D eigenvalue weighted by atomic mass is 10.1. The molecule has 0 aliphatic heterocycles. The number of halogens is 2. The Morgan fingerprint density at radius 2 is 1.90 bits per heavy atom. The van der Waals surface area contributed by atoms with Crippen LogP contribution in [-0.2, 0) is 0 Å². The molecule has 0 atom stereocenters. The van der Waals surface area contributed by atoms with Gasteiger partial charge in [-0.3, -0.25) is 4.79 Å². The molecule has 0 saturated carbocycles. The summed E-state index contributed by atoms with van der Waals surface area (Å²) >= 11 is 5.71. The smallest absolute Gasteiger partial charge is 0.337 e. The normalized spacial score (nSPS) is 10.2. The van der Waals surface area contributed by atoms with Gasteiger partial charge < -0.3 is 16.2 Å². The highest BCUT2D eigenvalue weighted by Crippen LogP contribution is 2.23. The number of carboxylic acids is 1. The first-order valence-corrected chi connectivity index (χ1v) is 6.16. The molecule has 1 amide bonds. The summed E-state index contributed by atoms with van der Waals surface area (Å²) in [4.78, 5) is 23.2. The molecule has 0 bridgehead atoms. The van der Waals surface area contributed by atoms with Gasteiger partial charge in [-0.25, -0.2) is 9.18 Å². The number of carbonyl (C=O) groups excluding carboxylic acids is 1. The summed E-state index contributed by atoms with van der Waals surface area (Å²) in [5.74, 6) is -2.69. The summed E-state index contributed by atoms with van der Waals surface area (Å²) in [5, 5.41) is 11.7. The number of hydrogen-bond acceptors (Lipinski definition) is 3. The van der Waals surface area contributed by atoms with Crippen LogP contribution < -0.4 is 11.1 Å². The zero-order valence-electron chi connectivity index (χ0n) is 10.6. The predicted octanol–water partition coefficient (Wildman–Crippen LogP) is 3.01. The summed E-state index contributed by atoms with van der Waals surface area (Å²) in [7, 11) is 0. The molecular weight excluding hydrogens is 299 g/mol. The van der Waals surface area contributed by atoms with Gasteiger partial charge in [-0.1, -0.05) is 17.7 Å². The van der Waals surface area contributed by atoms with Crippen LogP contribution >= 0.6 is 11.6 Å². The summed E-state index contributed by atoms with van der Waals surface area (Å²) in [6.45, 7) is 0. The van der Waals surface area contributed by atoms with Gasteiger partial charge in [-0.15, -0.1) is 0 Å². The minimum atomic E-state index is -1.25. The van der Waals surface area contributed by atoms with Crippen molar-refractivity contribution in [2.24, 2.45) is 0 Å². The number of amides is 1. The van der Waals surface area contributed by atoms with Gasteiger partial charge in [0.25, 0.3) is 5.91 Å². The Balaban J connectivity index is 2.36. The lowest BCUT2D eigenvalue weighted by Crippen LogP contribution is -2.17. The topological polar surface area (TPSA) is 92.4 Å². The van der Waals surface area contributed by atoms with Crippen molar-refractivity contribution in [3.8, 4) is 0 Å². The molecule has 0 aromatic heterocycles. The second-order valence-electron chi connectivity index (χ2n) is 4.15. The summed E-state index contributed by atoms with van der Waals surface area (Å²) in [6, 6.07) is 7.77. The van der Waals surface area contributed by atoms with E-state index in [0.29, 0.717) is 0 Å². The Morgan fingerprint density at radius 1 is 1.19 bits per heavy atom. The van der Waals surface area contributed by atoms with Gasteiger partial charge in [0.1, 0.15) is 5.82 Å². The van der Waals surface area contributed by atoms with E-state index in [0.717, 1.165) is 6.07 Å². The van der Waals surface area contributed by atoms with Crippen LogP contribution in [0.3, 0.4) is 0 Å². The molecule has 2 rings (SSSR count). The number of anilines is 2. The average Bonchev–Trinajstić information content (AvgIpc) is 2.43. The maximum Gasteiger partial charge on any atom is 0.337 e.